The van der Waals surface area contributed by atoms with Gasteiger partial charge in [-0.1, -0.05) is 52.4 Å². The maximum absolute atomic E-state index is 10.4. The first kappa shape index (κ1) is 16.6. The van der Waals surface area contributed by atoms with E-state index < -0.39 is 12.0 Å². The van der Waals surface area contributed by atoms with E-state index in [2.05, 4.69) is 22.5 Å². The Morgan fingerprint density at radius 2 is 2.07 bits per heavy atom. The molecule has 4 heteroatoms. The normalized spacial score (nSPS) is 12.9. The third-order valence-electron chi connectivity index (χ3n) is 1.49. The zero-order valence-corrected chi connectivity index (χ0v) is 10.7. The molecule has 0 bridgehead atoms. The van der Waals surface area contributed by atoms with Gasteiger partial charge in [0.25, 0.3) is 0 Å². The topological polar surface area (TPSA) is 63.3 Å². The van der Waals surface area contributed by atoms with Crippen molar-refractivity contribution in [3.8, 4) is 0 Å². The number of halogens is 1. The summed E-state index contributed by atoms with van der Waals surface area (Å²) >= 11 is 2.94. The molecule has 1 unspecified atom stereocenters. The molecule has 0 aliphatic rings. The molecule has 3 N–H and O–H groups in total. The molecular weight excluding hydrogens is 258 g/mol. The molecule has 0 fully saturated rings. The second kappa shape index (κ2) is 11.2. The minimum Gasteiger partial charge on any atom is -0.480 e. The van der Waals surface area contributed by atoms with E-state index in [-0.39, 0.29) is 0 Å². The molecule has 0 aliphatic carbocycles. The van der Waals surface area contributed by atoms with Crippen LogP contribution in [0.2, 0.25) is 0 Å². The number of allylic oxidation sites excluding steroid dienone is 4. The summed E-state index contributed by atoms with van der Waals surface area (Å²) in [7, 11) is 0. The number of rotatable bonds is 5. The molecular formula is C11H18BrNO2. The summed E-state index contributed by atoms with van der Waals surface area (Å²) in [5.74, 6) is 0.841. The van der Waals surface area contributed by atoms with Crippen molar-refractivity contribution in [3.63, 3.8) is 0 Å². The van der Waals surface area contributed by atoms with Crippen molar-refractivity contribution in [1.29, 1.82) is 0 Å². The highest BCUT2D eigenvalue weighted by atomic mass is 79.9. The maximum Gasteiger partial charge on any atom is 0.320 e. The van der Waals surface area contributed by atoms with E-state index in [4.69, 9.17) is 10.8 Å². The van der Waals surface area contributed by atoms with Crippen LogP contribution in [0, 0.1) is 0 Å². The molecule has 15 heavy (non-hydrogen) atoms. The van der Waals surface area contributed by atoms with Crippen LogP contribution in [0.25, 0.3) is 0 Å². The van der Waals surface area contributed by atoms with E-state index in [1.54, 1.807) is 18.2 Å². The van der Waals surface area contributed by atoms with Gasteiger partial charge < -0.3 is 10.8 Å². The zero-order chi connectivity index (χ0) is 12.3. The Labute approximate surface area is 99.5 Å². The van der Waals surface area contributed by atoms with Crippen molar-refractivity contribution in [1.82, 2.24) is 0 Å². The van der Waals surface area contributed by atoms with Crippen LogP contribution < -0.4 is 5.73 Å². The molecule has 0 heterocycles. The molecule has 0 spiro atoms. The van der Waals surface area contributed by atoms with Crippen LogP contribution in [-0.2, 0) is 4.79 Å². The van der Waals surface area contributed by atoms with Gasteiger partial charge in [0, 0.05) is 0 Å². The minimum atomic E-state index is -0.972. The SMILES string of the molecule is C=C/C=C\C=C(/C)CC(N)C(=O)O.CBr. The lowest BCUT2D eigenvalue weighted by Crippen LogP contribution is -2.30. The number of aliphatic carboxylic acids is 1. The zero-order valence-electron chi connectivity index (χ0n) is 9.11. The Morgan fingerprint density at radius 3 is 2.47 bits per heavy atom. The molecule has 0 rings (SSSR count). The predicted molar refractivity (Wildman–Crippen MR) is 68.2 cm³/mol. The highest BCUT2D eigenvalue weighted by Gasteiger charge is 2.10. The highest BCUT2D eigenvalue weighted by molar-refractivity contribution is 9.08. The van der Waals surface area contributed by atoms with Crippen molar-refractivity contribution in [3.05, 3.63) is 36.5 Å². The monoisotopic (exact) mass is 275 g/mol. The van der Waals surface area contributed by atoms with E-state index >= 15 is 0 Å². The van der Waals surface area contributed by atoms with Gasteiger partial charge in [-0.2, -0.15) is 0 Å². The van der Waals surface area contributed by atoms with Crippen LogP contribution in [0.3, 0.4) is 0 Å². The summed E-state index contributed by atoms with van der Waals surface area (Å²) in [6, 6.07) is -0.812. The molecule has 0 radical (unpaired) electrons. The van der Waals surface area contributed by atoms with Gasteiger partial charge in [0.1, 0.15) is 6.04 Å². The van der Waals surface area contributed by atoms with Gasteiger partial charge in [0.2, 0.25) is 0 Å². The van der Waals surface area contributed by atoms with Gasteiger partial charge in [-0.15, -0.1) is 0 Å². The van der Waals surface area contributed by atoms with Crippen LogP contribution in [-0.4, -0.2) is 23.0 Å². The molecule has 0 aliphatic heterocycles. The van der Waals surface area contributed by atoms with Crippen LogP contribution in [0.1, 0.15) is 13.3 Å². The van der Waals surface area contributed by atoms with Crippen LogP contribution in [0.5, 0.6) is 0 Å². The van der Waals surface area contributed by atoms with Gasteiger partial charge in [0.05, 0.1) is 0 Å². The quantitative estimate of drug-likeness (QED) is 0.599. The second-order valence-electron chi connectivity index (χ2n) is 2.78. The van der Waals surface area contributed by atoms with Crippen LogP contribution in [0.15, 0.2) is 36.5 Å². The summed E-state index contributed by atoms with van der Waals surface area (Å²) in [6.45, 7) is 5.36. The van der Waals surface area contributed by atoms with E-state index in [1.165, 1.54) is 0 Å². The van der Waals surface area contributed by atoms with E-state index in [0.717, 1.165) is 5.57 Å². The standard InChI is InChI=1S/C10H15NO2.CH3Br/c1-3-4-5-6-8(2)7-9(11)10(12)13;1-2/h3-6,9H,1,7,11H2,2H3,(H,12,13);1H3/b5-4-,8-6+;. The molecule has 0 aromatic rings. The predicted octanol–water partition coefficient (Wildman–Crippen LogP) is 2.49. The summed E-state index contributed by atoms with van der Waals surface area (Å²) in [5, 5.41) is 8.52. The average molecular weight is 276 g/mol. The van der Waals surface area contributed by atoms with Gasteiger partial charge in [0.15, 0.2) is 0 Å². The van der Waals surface area contributed by atoms with Crippen LogP contribution in [0.4, 0.5) is 0 Å². The van der Waals surface area contributed by atoms with Gasteiger partial charge >= 0.3 is 5.97 Å². The number of nitrogens with two attached hydrogens (primary N) is 1. The fourth-order valence-corrected chi connectivity index (χ4v) is 0.801. The third kappa shape index (κ3) is 11.1. The Morgan fingerprint density at radius 1 is 1.53 bits per heavy atom. The minimum absolute atomic E-state index is 0.372. The largest absolute Gasteiger partial charge is 0.480 e. The molecule has 86 valence electrons. The first-order chi connectivity index (χ1) is 7.07. The number of carbonyl (C=O) groups is 1. The summed E-state index contributed by atoms with van der Waals surface area (Å²) in [4.78, 5) is 10.4. The van der Waals surface area contributed by atoms with Crippen molar-refractivity contribution < 1.29 is 9.90 Å². The molecule has 0 aromatic carbocycles. The van der Waals surface area contributed by atoms with Gasteiger partial charge in [-0.3, -0.25) is 4.79 Å². The molecule has 3 nitrogen and oxygen atoms in total. The lowest BCUT2D eigenvalue weighted by Gasteiger charge is -2.04. The Hall–Kier alpha value is -0.870. The maximum atomic E-state index is 10.4. The van der Waals surface area contributed by atoms with Gasteiger partial charge in [-0.05, 0) is 19.2 Å². The lowest BCUT2D eigenvalue weighted by atomic mass is 10.1. The fraction of sp³-hybridized carbons (Fsp3) is 0.364. The van der Waals surface area contributed by atoms with Crippen molar-refractivity contribution >= 4 is 21.9 Å². The average Bonchev–Trinajstić information content (AvgIpc) is 2.21. The summed E-state index contributed by atoms with van der Waals surface area (Å²) in [5.41, 5.74) is 6.27. The van der Waals surface area contributed by atoms with Crippen molar-refractivity contribution in [2.75, 3.05) is 5.83 Å². The first-order valence-corrected chi connectivity index (χ1v) is 5.97. The van der Waals surface area contributed by atoms with Crippen molar-refractivity contribution in [2.24, 2.45) is 5.73 Å². The van der Waals surface area contributed by atoms with E-state index in [0.29, 0.717) is 6.42 Å². The molecule has 1 atom stereocenters. The second-order valence-corrected chi connectivity index (χ2v) is 2.78. The Kier molecular flexibility index (Phi) is 12.4. The molecule has 0 saturated carbocycles. The number of carboxylic acid groups (broad SMARTS) is 1. The van der Waals surface area contributed by atoms with Gasteiger partial charge in [-0.25, -0.2) is 0 Å². The molecule has 0 saturated heterocycles. The fourth-order valence-electron chi connectivity index (χ4n) is 0.801. The van der Waals surface area contributed by atoms with Crippen molar-refractivity contribution in [2.45, 2.75) is 19.4 Å². The molecule has 0 aromatic heterocycles. The van der Waals surface area contributed by atoms with Crippen LogP contribution >= 0.6 is 15.9 Å². The molecule has 0 amide bonds. The van der Waals surface area contributed by atoms with E-state index in [1.807, 2.05) is 18.8 Å². The number of carboxylic acids is 1. The first-order valence-electron chi connectivity index (χ1n) is 4.39. The summed E-state index contributed by atoms with van der Waals surface area (Å²) < 4.78 is 0. The highest BCUT2D eigenvalue weighted by Crippen LogP contribution is 2.03. The Balaban J connectivity index is 0. The number of alkyl halides is 1. The Bertz CT molecular complexity index is 247. The lowest BCUT2D eigenvalue weighted by molar-refractivity contribution is -0.138. The number of hydrogen-bond acceptors (Lipinski definition) is 2. The van der Waals surface area contributed by atoms with E-state index in [9.17, 15) is 4.79 Å². The number of hydrogen-bond donors (Lipinski definition) is 2. The third-order valence-corrected chi connectivity index (χ3v) is 1.49. The smallest absolute Gasteiger partial charge is 0.320 e. The summed E-state index contributed by atoms with van der Waals surface area (Å²) in [6.07, 6.45) is 7.43.